The summed E-state index contributed by atoms with van der Waals surface area (Å²) >= 11 is 3.17. The predicted molar refractivity (Wildman–Crippen MR) is 51.6 cm³/mol. The van der Waals surface area contributed by atoms with Gasteiger partial charge in [0, 0.05) is 23.2 Å². The first-order valence-electron chi connectivity index (χ1n) is 3.52. The molecule has 1 N–H and O–H groups in total. The van der Waals surface area contributed by atoms with Gasteiger partial charge < -0.3 is 5.32 Å². The summed E-state index contributed by atoms with van der Waals surface area (Å²) in [4.78, 5) is 24.9. The zero-order valence-electron chi connectivity index (χ0n) is 6.87. The zero-order chi connectivity index (χ0) is 9.84. The van der Waals surface area contributed by atoms with Gasteiger partial charge in [-0.1, -0.05) is 0 Å². The largest absolute Gasteiger partial charge is 0.311 e. The Hall–Kier alpha value is -1.23. The highest BCUT2D eigenvalue weighted by Crippen LogP contribution is 2.17. The minimum absolute atomic E-state index is 0.196. The summed E-state index contributed by atoms with van der Waals surface area (Å²) < 4.78 is 0.612. The minimum Gasteiger partial charge on any atom is -0.311 e. The van der Waals surface area contributed by atoms with Crippen LogP contribution in [-0.2, 0) is 4.79 Å². The maximum atomic E-state index is 10.6. The van der Waals surface area contributed by atoms with E-state index >= 15 is 0 Å². The summed E-state index contributed by atoms with van der Waals surface area (Å²) in [5.41, 5.74) is 0.453. The zero-order valence-corrected chi connectivity index (χ0v) is 8.46. The van der Waals surface area contributed by atoms with Crippen LogP contribution in [0.5, 0.6) is 0 Å². The highest BCUT2D eigenvalue weighted by molar-refractivity contribution is 9.10. The lowest BCUT2D eigenvalue weighted by atomic mass is 10.3. The first-order valence-corrected chi connectivity index (χ1v) is 4.31. The molecule has 0 saturated heterocycles. The van der Waals surface area contributed by atoms with Crippen molar-refractivity contribution in [2.45, 2.75) is 6.92 Å². The average Bonchev–Trinajstić information content (AvgIpc) is 2.03. The summed E-state index contributed by atoms with van der Waals surface area (Å²) in [7, 11) is 0. The molecule has 68 valence electrons. The Morgan fingerprint density at radius 1 is 1.69 bits per heavy atom. The first-order chi connectivity index (χ1) is 6.13. The van der Waals surface area contributed by atoms with Crippen molar-refractivity contribution in [3.63, 3.8) is 0 Å². The van der Waals surface area contributed by atoms with Crippen LogP contribution in [0.1, 0.15) is 17.3 Å². The molecule has 0 radical (unpaired) electrons. The molecule has 0 aliphatic carbocycles. The monoisotopic (exact) mass is 242 g/mol. The van der Waals surface area contributed by atoms with Crippen molar-refractivity contribution >= 4 is 33.9 Å². The van der Waals surface area contributed by atoms with E-state index in [-0.39, 0.29) is 5.91 Å². The lowest BCUT2D eigenvalue weighted by Gasteiger charge is -2.01. The minimum atomic E-state index is -0.196. The van der Waals surface area contributed by atoms with Crippen molar-refractivity contribution in [1.82, 2.24) is 4.98 Å². The van der Waals surface area contributed by atoms with Crippen LogP contribution in [0.4, 0.5) is 5.82 Å². The Balaban J connectivity index is 2.95. The maximum Gasteiger partial charge on any atom is 0.222 e. The number of carbonyl (C=O) groups is 2. The number of hydrogen-bond acceptors (Lipinski definition) is 3. The second-order valence-electron chi connectivity index (χ2n) is 2.39. The van der Waals surface area contributed by atoms with E-state index in [2.05, 4.69) is 26.2 Å². The van der Waals surface area contributed by atoms with E-state index in [1.807, 2.05) is 0 Å². The van der Waals surface area contributed by atoms with Crippen LogP contribution in [0.15, 0.2) is 16.7 Å². The summed E-state index contributed by atoms with van der Waals surface area (Å²) in [6, 6.07) is 1.57. The number of amides is 1. The molecule has 0 atom stereocenters. The SMILES string of the molecule is CC(=O)Nc1cc(Br)c(C=O)cn1. The van der Waals surface area contributed by atoms with Gasteiger partial charge in [-0.3, -0.25) is 9.59 Å². The van der Waals surface area contributed by atoms with E-state index in [1.165, 1.54) is 13.1 Å². The average molecular weight is 243 g/mol. The van der Waals surface area contributed by atoms with Gasteiger partial charge in [0.25, 0.3) is 0 Å². The molecule has 5 heteroatoms. The molecule has 0 aliphatic rings. The van der Waals surface area contributed by atoms with E-state index in [9.17, 15) is 9.59 Å². The molecule has 0 bridgehead atoms. The Bertz CT molecular complexity index is 352. The number of nitrogens with one attached hydrogen (secondary N) is 1. The van der Waals surface area contributed by atoms with Gasteiger partial charge in [0.05, 0.1) is 0 Å². The Morgan fingerprint density at radius 2 is 2.38 bits per heavy atom. The second-order valence-corrected chi connectivity index (χ2v) is 3.24. The maximum absolute atomic E-state index is 10.6. The van der Waals surface area contributed by atoms with Crippen LogP contribution in [0, 0.1) is 0 Å². The third-order valence-electron chi connectivity index (χ3n) is 1.31. The number of anilines is 1. The predicted octanol–water partition coefficient (Wildman–Crippen LogP) is 1.61. The number of hydrogen-bond donors (Lipinski definition) is 1. The smallest absolute Gasteiger partial charge is 0.222 e. The highest BCUT2D eigenvalue weighted by Gasteiger charge is 2.02. The van der Waals surface area contributed by atoms with Crippen LogP contribution in [-0.4, -0.2) is 17.2 Å². The fourth-order valence-corrected chi connectivity index (χ4v) is 1.19. The number of aldehydes is 1. The van der Waals surface area contributed by atoms with Crippen molar-refractivity contribution in [2.75, 3.05) is 5.32 Å². The van der Waals surface area contributed by atoms with Gasteiger partial charge >= 0.3 is 0 Å². The molecule has 0 saturated carbocycles. The number of carbonyl (C=O) groups excluding carboxylic acids is 2. The molecule has 0 aliphatic heterocycles. The van der Waals surface area contributed by atoms with Crippen molar-refractivity contribution < 1.29 is 9.59 Å². The topological polar surface area (TPSA) is 59.1 Å². The number of nitrogens with zero attached hydrogens (tertiary/aromatic N) is 1. The normalized spacial score (nSPS) is 9.38. The third-order valence-corrected chi connectivity index (χ3v) is 2.00. The van der Waals surface area contributed by atoms with Gasteiger partial charge in [0.15, 0.2) is 6.29 Å². The van der Waals surface area contributed by atoms with E-state index in [0.29, 0.717) is 22.1 Å². The standard InChI is InChI=1S/C8H7BrN2O2/c1-5(13)11-8-2-7(9)6(4-12)3-10-8/h2-4H,1H3,(H,10,11,13). The second kappa shape index (κ2) is 4.13. The van der Waals surface area contributed by atoms with E-state index in [0.717, 1.165) is 0 Å². The fourth-order valence-electron chi connectivity index (χ4n) is 0.777. The fraction of sp³-hybridized carbons (Fsp3) is 0.125. The van der Waals surface area contributed by atoms with Crippen LogP contribution in [0.3, 0.4) is 0 Å². The summed E-state index contributed by atoms with van der Waals surface area (Å²) in [6.07, 6.45) is 2.08. The molecule has 13 heavy (non-hydrogen) atoms. The van der Waals surface area contributed by atoms with E-state index in [1.54, 1.807) is 6.07 Å². The van der Waals surface area contributed by atoms with Crippen molar-refractivity contribution in [3.05, 3.63) is 22.3 Å². The van der Waals surface area contributed by atoms with Crippen LogP contribution in [0.25, 0.3) is 0 Å². The number of pyridine rings is 1. The third kappa shape index (κ3) is 2.62. The quantitative estimate of drug-likeness (QED) is 0.803. The molecule has 1 heterocycles. The van der Waals surface area contributed by atoms with Gasteiger partial charge in [-0.25, -0.2) is 4.98 Å². The molecule has 1 aromatic rings. The Labute approximate surface area is 83.5 Å². The lowest BCUT2D eigenvalue weighted by Crippen LogP contribution is -2.07. The molecular weight excluding hydrogens is 236 g/mol. The number of halogens is 1. The number of aromatic nitrogens is 1. The first kappa shape index (κ1) is 9.85. The van der Waals surface area contributed by atoms with Crippen LogP contribution >= 0.6 is 15.9 Å². The molecular formula is C8H7BrN2O2. The molecule has 1 rings (SSSR count). The van der Waals surface area contributed by atoms with Gasteiger partial charge in [-0.15, -0.1) is 0 Å². The molecule has 0 spiro atoms. The molecule has 1 amide bonds. The van der Waals surface area contributed by atoms with Crippen molar-refractivity contribution in [1.29, 1.82) is 0 Å². The summed E-state index contributed by atoms with van der Waals surface area (Å²) in [5.74, 6) is 0.225. The highest BCUT2D eigenvalue weighted by atomic mass is 79.9. The van der Waals surface area contributed by atoms with Crippen LogP contribution < -0.4 is 5.32 Å². The Morgan fingerprint density at radius 3 is 2.85 bits per heavy atom. The molecule has 0 fully saturated rings. The van der Waals surface area contributed by atoms with Crippen molar-refractivity contribution in [2.24, 2.45) is 0 Å². The molecule has 1 aromatic heterocycles. The molecule has 4 nitrogen and oxygen atoms in total. The van der Waals surface area contributed by atoms with Crippen LogP contribution in [0.2, 0.25) is 0 Å². The molecule has 0 unspecified atom stereocenters. The van der Waals surface area contributed by atoms with Crippen molar-refractivity contribution in [3.8, 4) is 0 Å². The molecule has 0 aromatic carbocycles. The summed E-state index contributed by atoms with van der Waals surface area (Å²) in [5, 5.41) is 2.50. The Kier molecular flexibility index (Phi) is 3.13. The van der Waals surface area contributed by atoms with Gasteiger partial charge in [0.1, 0.15) is 5.82 Å². The van der Waals surface area contributed by atoms with E-state index < -0.39 is 0 Å². The number of rotatable bonds is 2. The summed E-state index contributed by atoms with van der Waals surface area (Å²) in [6.45, 7) is 1.39. The lowest BCUT2D eigenvalue weighted by molar-refractivity contribution is -0.114. The van der Waals surface area contributed by atoms with Gasteiger partial charge in [0.2, 0.25) is 5.91 Å². The van der Waals surface area contributed by atoms with Gasteiger partial charge in [-0.05, 0) is 22.0 Å². The van der Waals surface area contributed by atoms with Gasteiger partial charge in [-0.2, -0.15) is 0 Å². The van der Waals surface area contributed by atoms with E-state index in [4.69, 9.17) is 0 Å².